The number of nitrogens with zero attached hydrogens (tertiary/aromatic N) is 4. The topological polar surface area (TPSA) is 84.7 Å². The zero-order valence-electron chi connectivity index (χ0n) is 11.7. The van der Waals surface area contributed by atoms with E-state index < -0.39 is 0 Å². The van der Waals surface area contributed by atoms with E-state index in [-0.39, 0.29) is 5.91 Å². The van der Waals surface area contributed by atoms with Crippen LogP contribution >= 0.6 is 0 Å². The third-order valence-electron chi connectivity index (χ3n) is 3.15. The van der Waals surface area contributed by atoms with Crippen molar-refractivity contribution in [2.75, 3.05) is 17.7 Å². The monoisotopic (exact) mass is 282 g/mol. The first-order valence-corrected chi connectivity index (χ1v) is 6.42. The number of amides is 1. The van der Waals surface area contributed by atoms with Crippen LogP contribution in [0.5, 0.6) is 0 Å². The van der Waals surface area contributed by atoms with Crippen molar-refractivity contribution in [3.63, 3.8) is 0 Å². The van der Waals surface area contributed by atoms with E-state index >= 15 is 0 Å². The Morgan fingerprint density at radius 2 is 2.10 bits per heavy atom. The van der Waals surface area contributed by atoms with Crippen LogP contribution in [0.25, 0.3) is 10.9 Å². The fraction of sp³-hybridized carbons (Fsp3) is 0.143. The number of rotatable bonds is 3. The van der Waals surface area contributed by atoms with Crippen molar-refractivity contribution in [1.29, 1.82) is 0 Å². The standard InChI is InChI=1S/C14H14N6O/c1-15-12-7-10(9-5-3-4-6-11(9)18-12)13(21)19-14-16-8-17-20(14)2/h3-8H,1-2H3,(H,15,18)(H,16,17,19,21). The molecule has 0 spiro atoms. The van der Waals surface area contributed by atoms with Crippen LogP contribution in [-0.2, 0) is 7.05 Å². The van der Waals surface area contributed by atoms with E-state index in [1.807, 2.05) is 24.3 Å². The van der Waals surface area contributed by atoms with E-state index in [2.05, 4.69) is 25.7 Å². The summed E-state index contributed by atoms with van der Waals surface area (Å²) in [6, 6.07) is 9.22. The Morgan fingerprint density at radius 1 is 1.29 bits per heavy atom. The number of hydrogen-bond acceptors (Lipinski definition) is 5. The van der Waals surface area contributed by atoms with Gasteiger partial charge in [0.15, 0.2) is 0 Å². The molecule has 0 aliphatic heterocycles. The molecule has 0 aliphatic rings. The quantitative estimate of drug-likeness (QED) is 0.763. The molecule has 3 rings (SSSR count). The summed E-state index contributed by atoms with van der Waals surface area (Å²) in [5, 5.41) is 10.4. The molecular formula is C14H14N6O. The molecule has 1 amide bonds. The number of aryl methyl sites for hydroxylation is 1. The van der Waals surface area contributed by atoms with Crippen LogP contribution in [0.4, 0.5) is 11.8 Å². The van der Waals surface area contributed by atoms with Crippen LogP contribution in [-0.4, -0.2) is 32.7 Å². The lowest BCUT2D eigenvalue weighted by Crippen LogP contribution is -2.16. The summed E-state index contributed by atoms with van der Waals surface area (Å²) >= 11 is 0. The highest BCUT2D eigenvalue weighted by atomic mass is 16.1. The molecule has 0 bridgehead atoms. The van der Waals surface area contributed by atoms with Crippen molar-refractivity contribution < 1.29 is 4.79 Å². The van der Waals surface area contributed by atoms with Gasteiger partial charge in [0.1, 0.15) is 12.1 Å². The minimum Gasteiger partial charge on any atom is -0.373 e. The number of benzene rings is 1. The lowest BCUT2D eigenvalue weighted by atomic mass is 10.1. The van der Waals surface area contributed by atoms with Gasteiger partial charge in [-0.05, 0) is 12.1 Å². The molecule has 0 saturated heterocycles. The first-order valence-electron chi connectivity index (χ1n) is 6.42. The van der Waals surface area contributed by atoms with Gasteiger partial charge in [-0.3, -0.25) is 10.1 Å². The van der Waals surface area contributed by atoms with Crippen LogP contribution in [0, 0.1) is 0 Å². The summed E-state index contributed by atoms with van der Waals surface area (Å²) in [4.78, 5) is 20.9. The lowest BCUT2D eigenvalue weighted by Gasteiger charge is -2.09. The minimum absolute atomic E-state index is 0.249. The highest BCUT2D eigenvalue weighted by Crippen LogP contribution is 2.21. The highest BCUT2D eigenvalue weighted by molar-refractivity contribution is 6.12. The number of anilines is 2. The Labute approximate surface area is 121 Å². The van der Waals surface area contributed by atoms with Gasteiger partial charge in [0.05, 0.1) is 11.1 Å². The van der Waals surface area contributed by atoms with Gasteiger partial charge in [-0.25, -0.2) is 9.67 Å². The summed E-state index contributed by atoms with van der Waals surface area (Å²) < 4.78 is 1.50. The molecule has 21 heavy (non-hydrogen) atoms. The zero-order valence-corrected chi connectivity index (χ0v) is 11.7. The molecule has 7 nitrogen and oxygen atoms in total. The predicted molar refractivity (Wildman–Crippen MR) is 80.2 cm³/mol. The average molecular weight is 282 g/mol. The molecule has 3 aromatic rings. The van der Waals surface area contributed by atoms with Gasteiger partial charge in [-0.2, -0.15) is 10.1 Å². The average Bonchev–Trinajstić information content (AvgIpc) is 2.91. The van der Waals surface area contributed by atoms with Gasteiger partial charge in [0.2, 0.25) is 5.95 Å². The molecule has 0 unspecified atom stereocenters. The number of para-hydroxylation sites is 1. The maximum atomic E-state index is 12.5. The second-order valence-corrected chi connectivity index (χ2v) is 4.48. The molecule has 0 radical (unpaired) electrons. The molecule has 1 aromatic carbocycles. The minimum atomic E-state index is -0.249. The van der Waals surface area contributed by atoms with E-state index in [9.17, 15) is 4.79 Å². The van der Waals surface area contributed by atoms with Crippen molar-refractivity contribution in [3.8, 4) is 0 Å². The second kappa shape index (κ2) is 5.20. The van der Waals surface area contributed by atoms with E-state index in [1.165, 1.54) is 11.0 Å². The largest absolute Gasteiger partial charge is 0.373 e. The number of nitrogens with one attached hydrogen (secondary N) is 2. The summed E-state index contributed by atoms with van der Waals surface area (Å²) in [6.45, 7) is 0. The Balaban J connectivity index is 2.06. The number of aromatic nitrogens is 4. The first kappa shape index (κ1) is 13.0. The van der Waals surface area contributed by atoms with Gasteiger partial charge in [0, 0.05) is 19.5 Å². The zero-order chi connectivity index (χ0) is 14.8. The molecule has 7 heteroatoms. The maximum Gasteiger partial charge on any atom is 0.258 e. The van der Waals surface area contributed by atoms with E-state index in [1.54, 1.807) is 20.2 Å². The Morgan fingerprint density at radius 3 is 2.81 bits per heavy atom. The molecule has 106 valence electrons. The van der Waals surface area contributed by atoms with Gasteiger partial charge < -0.3 is 5.32 Å². The van der Waals surface area contributed by atoms with Gasteiger partial charge in [0.25, 0.3) is 5.91 Å². The first-order chi connectivity index (χ1) is 10.2. The fourth-order valence-electron chi connectivity index (χ4n) is 2.07. The van der Waals surface area contributed by atoms with Crippen molar-refractivity contribution >= 4 is 28.6 Å². The second-order valence-electron chi connectivity index (χ2n) is 4.48. The Kier molecular flexibility index (Phi) is 3.23. The summed E-state index contributed by atoms with van der Waals surface area (Å²) in [6.07, 6.45) is 1.39. The smallest absolute Gasteiger partial charge is 0.258 e. The third-order valence-corrected chi connectivity index (χ3v) is 3.15. The Bertz CT molecular complexity index is 810. The lowest BCUT2D eigenvalue weighted by molar-refractivity contribution is 0.102. The van der Waals surface area contributed by atoms with Crippen LogP contribution in [0.15, 0.2) is 36.7 Å². The SMILES string of the molecule is CNc1cc(C(=O)Nc2ncnn2C)c2ccccc2n1. The highest BCUT2D eigenvalue weighted by Gasteiger charge is 2.14. The normalized spacial score (nSPS) is 10.6. The molecule has 2 N–H and O–H groups in total. The van der Waals surface area contributed by atoms with E-state index in [0.29, 0.717) is 17.3 Å². The molecule has 0 atom stereocenters. The Hall–Kier alpha value is -2.96. The van der Waals surface area contributed by atoms with Crippen molar-refractivity contribution in [2.24, 2.45) is 7.05 Å². The predicted octanol–water partition coefficient (Wildman–Crippen LogP) is 1.66. The third kappa shape index (κ3) is 2.40. The van der Waals surface area contributed by atoms with Crippen LogP contribution < -0.4 is 10.6 Å². The number of carbonyl (C=O) groups is 1. The van der Waals surface area contributed by atoms with Crippen LogP contribution in [0.1, 0.15) is 10.4 Å². The van der Waals surface area contributed by atoms with Gasteiger partial charge in [-0.15, -0.1) is 0 Å². The van der Waals surface area contributed by atoms with Gasteiger partial charge in [-0.1, -0.05) is 18.2 Å². The van der Waals surface area contributed by atoms with E-state index in [4.69, 9.17) is 0 Å². The number of carbonyl (C=O) groups excluding carboxylic acids is 1. The number of fused-ring (bicyclic) bond motifs is 1. The van der Waals surface area contributed by atoms with E-state index in [0.717, 1.165) is 10.9 Å². The van der Waals surface area contributed by atoms with Crippen LogP contribution in [0.3, 0.4) is 0 Å². The fourth-order valence-corrected chi connectivity index (χ4v) is 2.07. The summed E-state index contributed by atoms with van der Waals surface area (Å²) in [7, 11) is 3.48. The molecule has 0 saturated carbocycles. The molecular weight excluding hydrogens is 268 g/mol. The summed E-state index contributed by atoms with van der Waals surface area (Å²) in [5.74, 6) is 0.782. The van der Waals surface area contributed by atoms with Gasteiger partial charge >= 0.3 is 0 Å². The summed E-state index contributed by atoms with van der Waals surface area (Å²) in [5.41, 5.74) is 1.29. The van der Waals surface area contributed by atoms with Crippen LogP contribution in [0.2, 0.25) is 0 Å². The molecule has 2 aromatic heterocycles. The number of hydrogen-bond donors (Lipinski definition) is 2. The van der Waals surface area contributed by atoms with Crippen molar-refractivity contribution in [2.45, 2.75) is 0 Å². The number of pyridine rings is 1. The molecule has 0 aliphatic carbocycles. The van der Waals surface area contributed by atoms with Crippen molar-refractivity contribution in [3.05, 3.63) is 42.2 Å². The molecule has 2 heterocycles. The molecule has 0 fully saturated rings. The van der Waals surface area contributed by atoms with Crippen molar-refractivity contribution in [1.82, 2.24) is 19.7 Å². The maximum absolute atomic E-state index is 12.5.